The van der Waals surface area contributed by atoms with Crippen molar-refractivity contribution in [3.63, 3.8) is 0 Å². The molecule has 0 fully saturated rings. The topological polar surface area (TPSA) is 74.2 Å². The maximum Gasteiger partial charge on any atom is 0.237 e. The van der Waals surface area contributed by atoms with Crippen molar-refractivity contribution >= 4 is 17.2 Å². The molecule has 0 saturated carbocycles. The normalized spacial score (nSPS) is 13.6. The van der Waals surface area contributed by atoms with Gasteiger partial charge in [-0.2, -0.15) is 0 Å². The highest BCUT2D eigenvalue weighted by Crippen LogP contribution is 2.27. The van der Waals surface area contributed by atoms with E-state index in [0.29, 0.717) is 13.1 Å². The van der Waals surface area contributed by atoms with E-state index >= 15 is 0 Å². The van der Waals surface area contributed by atoms with Gasteiger partial charge in [-0.15, -0.1) is 11.3 Å². The SMILES string of the molecule is Cc1ncsc1-c1ccc(CNC(=O)[C@H](C)NC[C@@H](C)O)cc1. The number of hydrogen-bond donors (Lipinski definition) is 3. The summed E-state index contributed by atoms with van der Waals surface area (Å²) in [7, 11) is 0. The molecule has 0 radical (unpaired) electrons. The van der Waals surface area contributed by atoms with E-state index in [1.807, 2.05) is 24.6 Å². The van der Waals surface area contributed by atoms with Crippen LogP contribution in [0.4, 0.5) is 0 Å². The predicted molar refractivity (Wildman–Crippen MR) is 93.3 cm³/mol. The third kappa shape index (κ3) is 5.13. The number of aryl methyl sites for hydroxylation is 1. The Morgan fingerprint density at radius 1 is 1.30 bits per heavy atom. The van der Waals surface area contributed by atoms with Gasteiger partial charge >= 0.3 is 0 Å². The molecule has 1 aromatic carbocycles. The number of amides is 1. The third-order valence-electron chi connectivity index (χ3n) is 3.54. The van der Waals surface area contributed by atoms with Gasteiger partial charge in [0.15, 0.2) is 0 Å². The van der Waals surface area contributed by atoms with Gasteiger partial charge in [0.05, 0.1) is 28.2 Å². The number of rotatable bonds is 7. The fourth-order valence-corrected chi connectivity index (χ4v) is 2.95. The number of carbonyl (C=O) groups is 1. The standard InChI is InChI=1S/C17H23N3O2S/c1-11(21)8-18-13(3)17(22)19-9-14-4-6-15(7-5-14)16-12(2)20-10-23-16/h4-7,10-11,13,18,21H,8-9H2,1-3H3,(H,19,22)/t11-,13+/m1/s1. The Labute approximate surface area is 140 Å². The van der Waals surface area contributed by atoms with Gasteiger partial charge in [0.25, 0.3) is 0 Å². The lowest BCUT2D eigenvalue weighted by atomic mass is 10.1. The van der Waals surface area contributed by atoms with Crippen LogP contribution in [0.25, 0.3) is 10.4 Å². The van der Waals surface area contributed by atoms with E-state index in [-0.39, 0.29) is 11.9 Å². The minimum absolute atomic E-state index is 0.0759. The molecule has 2 rings (SSSR count). The number of nitrogens with zero attached hydrogens (tertiary/aromatic N) is 1. The zero-order valence-corrected chi connectivity index (χ0v) is 14.5. The Balaban J connectivity index is 1.87. The van der Waals surface area contributed by atoms with E-state index in [9.17, 15) is 9.90 Å². The molecule has 0 aliphatic heterocycles. The summed E-state index contributed by atoms with van der Waals surface area (Å²) in [5.41, 5.74) is 5.08. The molecule has 3 N–H and O–H groups in total. The summed E-state index contributed by atoms with van der Waals surface area (Å²) in [6.45, 7) is 6.36. The first-order valence-corrected chi connectivity index (χ1v) is 8.54. The van der Waals surface area contributed by atoms with Crippen molar-refractivity contribution in [1.29, 1.82) is 0 Å². The fourth-order valence-electron chi connectivity index (χ4n) is 2.14. The first kappa shape index (κ1) is 17.6. The minimum atomic E-state index is -0.465. The second-order valence-electron chi connectivity index (χ2n) is 5.66. The molecule has 0 saturated heterocycles. The molecule has 5 nitrogen and oxygen atoms in total. The summed E-state index contributed by atoms with van der Waals surface area (Å²) in [5, 5.41) is 15.1. The number of aliphatic hydroxyl groups excluding tert-OH is 1. The Bertz CT molecular complexity index is 638. The molecule has 1 aromatic heterocycles. The molecule has 0 aliphatic carbocycles. The minimum Gasteiger partial charge on any atom is -0.392 e. The Kier molecular flexibility index (Phi) is 6.27. The summed E-state index contributed by atoms with van der Waals surface area (Å²) in [5.74, 6) is -0.0759. The number of nitrogens with one attached hydrogen (secondary N) is 2. The Morgan fingerprint density at radius 3 is 2.57 bits per heavy atom. The molecule has 2 aromatic rings. The number of aliphatic hydroxyl groups is 1. The first-order valence-electron chi connectivity index (χ1n) is 7.66. The zero-order valence-electron chi connectivity index (χ0n) is 13.7. The maximum absolute atomic E-state index is 12.0. The van der Waals surface area contributed by atoms with Crippen molar-refractivity contribution in [1.82, 2.24) is 15.6 Å². The Morgan fingerprint density at radius 2 is 2.00 bits per heavy atom. The van der Waals surface area contributed by atoms with Crippen molar-refractivity contribution in [3.8, 4) is 10.4 Å². The van der Waals surface area contributed by atoms with Gasteiger partial charge in [-0.3, -0.25) is 4.79 Å². The van der Waals surface area contributed by atoms with Crippen LogP contribution in [-0.2, 0) is 11.3 Å². The summed E-state index contributed by atoms with van der Waals surface area (Å²) >= 11 is 1.63. The number of benzene rings is 1. The number of thiazole rings is 1. The van der Waals surface area contributed by atoms with E-state index in [1.54, 1.807) is 25.2 Å². The van der Waals surface area contributed by atoms with Gasteiger partial charge in [-0.25, -0.2) is 4.98 Å². The number of carbonyl (C=O) groups excluding carboxylic acids is 1. The molecule has 124 valence electrons. The van der Waals surface area contributed by atoms with Gasteiger partial charge in [0.1, 0.15) is 0 Å². The molecule has 2 atom stereocenters. The summed E-state index contributed by atoms with van der Waals surface area (Å²) < 4.78 is 0. The molecule has 1 heterocycles. The van der Waals surface area contributed by atoms with E-state index in [1.165, 1.54) is 4.88 Å². The quantitative estimate of drug-likeness (QED) is 0.725. The van der Waals surface area contributed by atoms with E-state index in [4.69, 9.17) is 0 Å². The summed E-state index contributed by atoms with van der Waals surface area (Å²) in [6.07, 6.45) is -0.465. The van der Waals surface area contributed by atoms with Gasteiger partial charge < -0.3 is 15.7 Å². The summed E-state index contributed by atoms with van der Waals surface area (Å²) in [6, 6.07) is 7.81. The van der Waals surface area contributed by atoms with Crippen LogP contribution in [0, 0.1) is 6.92 Å². The van der Waals surface area contributed by atoms with Crippen LogP contribution < -0.4 is 10.6 Å². The smallest absolute Gasteiger partial charge is 0.237 e. The highest BCUT2D eigenvalue weighted by molar-refractivity contribution is 7.13. The van der Waals surface area contributed by atoms with Crippen LogP contribution in [0.2, 0.25) is 0 Å². The van der Waals surface area contributed by atoms with Crippen molar-refractivity contribution in [2.75, 3.05) is 6.54 Å². The van der Waals surface area contributed by atoms with Crippen LogP contribution in [0.15, 0.2) is 29.8 Å². The molecule has 0 bridgehead atoms. The van der Waals surface area contributed by atoms with Gasteiger partial charge in [-0.1, -0.05) is 24.3 Å². The first-order chi connectivity index (χ1) is 11.0. The predicted octanol–water partition coefficient (Wildman–Crippen LogP) is 2.09. The second-order valence-corrected chi connectivity index (χ2v) is 6.52. The second kappa shape index (κ2) is 8.19. The van der Waals surface area contributed by atoms with Gasteiger partial charge in [0.2, 0.25) is 5.91 Å². The van der Waals surface area contributed by atoms with Crippen molar-refractivity contribution < 1.29 is 9.90 Å². The molecule has 6 heteroatoms. The molecule has 0 unspecified atom stereocenters. The average molecular weight is 333 g/mol. The lowest BCUT2D eigenvalue weighted by molar-refractivity contribution is -0.123. The van der Waals surface area contributed by atoms with E-state index in [0.717, 1.165) is 16.8 Å². The molecule has 23 heavy (non-hydrogen) atoms. The van der Waals surface area contributed by atoms with E-state index < -0.39 is 6.10 Å². The molecule has 0 spiro atoms. The zero-order chi connectivity index (χ0) is 16.8. The molecule has 1 amide bonds. The molecular formula is C17H23N3O2S. The fraction of sp³-hybridized carbons (Fsp3) is 0.412. The lowest BCUT2D eigenvalue weighted by Gasteiger charge is -2.15. The van der Waals surface area contributed by atoms with Crippen LogP contribution in [-0.4, -0.2) is 34.7 Å². The maximum atomic E-state index is 12.0. The third-order valence-corrected chi connectivity index (χ3v) is 4.52. The summed E-state index contributed by atoms with van der Waals surface area (Å²) in [4.78, 5) is 17.4. The number of hydrogen-bond acceptors (Lipinski definition) is 5. The molecule has 0 aliphatic rings. The highest BCUT2D eigenvalue weighted by Gasteiger charge is 2.12. The van der Waals surface area contributed by atoms with Crippen molar-refractivity contribution in [2.24, 2.45) is 0 Å². The van der Waals surface area contributed by atoms with Crippen LogP contribution >= 0.6 is 11.3 Å². The lowest BCUT2D eigenvalue weighted by Crippen LogP contribution is -2.44. The largest absolute Gasteiger partial charge is 0.392 e. The van der Waals surface area contributed by atoms with Crippen molar-refractivity contribution in [3.05, 3.63) is 41.0 Å². The Hall–Kier alpha value is -1.76. The van der Waals surface area contributed by atoms with Crippen LogP contribution in [0.3, 0.4) is 0 Å². The van der Waals surface area contributed by atoms with Crippen LogP contribution in [0.5, 0.6) is 0 Å². The van der Waals surface area contributed by atoms with E-state index in [2.05, 4.69) is 27.8 Å². The average Bonchev–Trinajstić information content (AvgIpc) is 2.96. The number of aromatic nitrogens is 1. The van der Waals surface area contributed by atoms with Crippen molar-refractivity contribution in [2.45, 2.75) is 39.5 Å². The van der Waals surface area contributed by atoms with Crippen LogP contribution in [0.1, 0.15) is 25.1 Å². The monoisotopic (exact) mass is 333 g/mol. The van der Waals surface area contributed by atoms with Gasteiger partial charge in [-0.05, 0) is 31.9 Å². The highest BCUT2D eigenvalue weighted by atomic mass is 32.1. The van der Waals surface area contributed by atoms with Gasteiger partial charge in [0, 0.05) is 13.1 Å². The molecular weight excluding hydrogens is 310 g/mol.